The molecule has 16 heavy (non-hydrogen) atoms. The van der Waals surface area contributed by atoms with E-state index in [1.54, 1.807) is 6.08 Å². The van der Waals surface area contributed by atoms with Crippen LogP contribution >= 0.6 is 0 Å². The Bertz CT molecular complexity index is 287. The van der Waals surface area contributed by atoms with Gasteiger partial charge in [-0.3, -0.25) is 9.59 Å². The number of allylic oxidation sites excluding steroid dienone is 1. The Morgan fingerprint density at radius 3 is 2.56 bits per heavy atom. The molecule has 0 fully saturated rings. The van der Waals surface area contributed by atoms with E-state index in [2.05, 4.69) is 16.6 Å². The lowest BCUT2D eigenvalue weighted by atomic mass is 10.2. The normalized spacial score (nSPS) is 11.3. The molecule has 0 heterocycles. The number of carboxylic acid groups (broad SMARTS) is 1. The summed E-state index contributed by atoms with van der Waals surface area (Å²) in [5, 5.41) is 11.0. The smallest absolute Gasteiger partial charge is 0.326 e. The fourth-order valence-corrected chi connectivity index (χ4v) is 0.950. The van der Waals surface area contributed by atoms with Gasteiger partial charge in [-0.05, 0) is 6.42 Å². The summed E-state index contributed by atoms with van der Waals surface area (Å²) < 4.78 is 4.32. The average Bonchev–Trinajstić information content (AvgIpc) is 2.24. The maximum atomic E-state index is 11.2. The summed E-state index contributed by atoms with van der Waals surface area (Å²) in [5.41, 5.74) is 0. The monoisotopic (exact) mass is 229 g/mol. The molecule has 0 aliphatic carbocycles. The van der Waals surface area contributed by atoms with Gasteiger partial charge in [0.05, 0.1) is 13.5 Å². The van der Waals surface area contributed by atoms with Gasteiger partial charge in [-0.15, -0.1) is 6.58 Å². The average molecular weight is 229 g/mol. The minimum atomic E-state index is -1.27. The van der Waals surface area contributed by atoms with Crippen LogP contribution in [0.3, 0.4) is 0 Å². The summed E-state index contributed by atoms with van der Waals surface area (Å²) in [5.74, 6) is -2.38. The maximum absolute atomic E-state index is 11.2. The van der Waals surface area contributed by atoms with Crippen molar-refractivity contribution in [3.05, 3.63) is 12.7 Å². The van der Waals surface area contributed by atoms with Crippen LogP contribution in [-0.4, -0.2) is 36.1 Å². The molecule has 0 aromatic rings. The highest BCUT2D eigenvalue weighted by molar-refractivity contribution is 5.87. The summed E-state index contributed by atoms with van der Waals surface area (Å²) in [4.78, 5) is 32.8. The fraction of sp³-hybridized carbons (Fsp3) is 0.500. The minimum absolute atomic E-state index is 0.147. The number of aliphatic carboxylic acids is 1. The maximum Gasteiger partial charge on any atom is 0.326 e. The van der Waals surface area contributed by atoms with Crippen molar-refractivity contribution in [3.8, 4) is 0 Å². The van der Waals surface area contributed by atoms with E-state index < -0.39 is 23.9 Å². The molecule has 0 bridgehead atoms. The third-order valence-electron chi connectivity index (χ3n) is 1.81. The Labute approximate surface area is 93.3 Å². The van der Waals surface area contributed by atoms with Gasteiger partial charge in [-0.25, -0.2) is 4.79 Å². The summed E-state index contributed by atoms with van der Waals surface area (Å²) in [6, 6.07) is -1.25. The summed E-state index contributed by atoms with van der Waals surface area (Å²) >= 11 is 0. The first kappa shape index (κ1) is 14.2. The van der Waals surface area contributed by atoms with E-state index in [1.807, 2.05) is 0 Å². The largest absolute Gasteiger partial charge is 0.480 e. The number of rotatable bonds is 7. The van der Waals surface area contributed by atoms with Gasteiger partial charge in [0.25, 0.3) is 0 Å². The van der Waals surface area contributed by atoms with Crippen molar-refractivity contribution in [2.45, 2.75) is 25.3 Å². The summed E-state index contributed by atoms with van der Waals surface area (Å²) in [6.45, 7) is 3.44. The molecule has 0 aromatic heterocycles. The molecule has 0 radical (unpaired) electrons. The Morgan fingerprint density at radius 1 is 1.50 bits per heavy atom. The molecule has 90 valence electrons. The van der Waals surface area contributed by atoms with E-state index in [9.17, 15) is 14.4 Å². The number of esters is 1. The second-order valence-corrected chi connectivity index (χ2v) is 3.07. The second-order valence-electron chi connectivity index (χ2n) is 3.07. The first-order chi connectivity index (χ1) is 7.51. The van der Waals surface area contributed by atoms with Crippen LogP contribution in [0.4, 0.5) is 0 Å². The Hall–Kier alpha value is -1.85. The van der Waals surface area contributed by atoms with Crippen LogP contribution in [0.25, 0.3) is 0 Å². The molecule has 0 saturated heterocycles. The lowest BCUT2D eigenvalue weighted by Crippen LogP contribution is -2.42. The number of ether oxygens (including phenoxy) is 1. The van der Waals surface area contributed by atoms with Crippen molar-refractivity contribution < 1.29 is 24.2 Å². The first-order valence-electron chi connectivity index (χ1n) is 4.71. The number of carbonyl (C=O) groups is 3. The van der Waals surface area contributed by atoms with Gasteiger partial charge >= 0.3 is 11.9 Å². The lowest BCUT2D eigenvalue weighted by Gasteiger charge is -2.12. The van der Waals surface area contributed by atoms with Crippen molar-refractivity contribution >= 4 is 17.8 Å². The van der Waals surface area contributed by atoms with Crippen molar-refractivity contribution in [2.24, 2.45) is 0 Å². The Morgan fingerprint density at radius 2 is 2.12 bits per heavy atom. The van der Waals surface area contributed by atoms with Crippen molar-refractivity contribution in [3.63, 3.8) is 0 Å². The van der Waals surface area contributed by atoms with Gasteiger partial charge in [-0.2, -0.15) is 0 Å². The van der Waals surface area contributed by atoms with E-state index in [0.717, 1.165) is 7.11 Å². The molecule has 0 rings (SSSR count). The minimum Gasteiger partial charge on any atom is -0.480 e. The molecular weight excluding hydrogens is 214 g/mol. The topological polar surface area (TPSA) is 92.7 Å². The quantitative estimate of drug-likeness (QED) is 0.476. The molecule has 1 atom stereocenters. The summed E-state index contributed by atoms with van der Waals surface area (Å²) in [7, 11) is 1.15. The van der Waals surface area contributed by atoms with E-state index in [1.165, 1.54) is 0 Å². The van der Waals surface area contributed by atoms with E-state index in [0.29, 0.717) is 6.42 Å². The molecule has 0 aliphatic heterocycles. The molecule has 0 saturated carbocycles. The van der Waals surface area contributed by atoms with E-state index >= 15 is 0 Å². The van der Waals surface area contributed by atoms with E-state index in [4.69, 9.17) is 5.11 Å². The molecule has 6 heteroatoms. The Kier molecular flexibility index (Phi) is 6.58. The van der Waals surface area contributed by atoms with Crippen LogP contribution in [0.1, 0.15) is 19.3 Å². The van der Waals surface area contributed by atoms with Gasteiger partial charge < -0.3 is 15.2 Å². The molecule has 1 amide bonds. The van der Waals surface area contributed by atoms with Crippen LogP contribution in [0.2, 0.25) is 0 Å². The summed E-state index contributed by atoms with van der Waals surface area (Å²) in [6.07, 6.45) is 1.77. The number of hydrogen-bond donors (Lipinski definition) is 2. The zero-order chi connectivity index (χ0) is 12.6. The number of nitrogens with one attached hydrogen (secondary N) is 1. The number of carboxylic acids is 1. The zero-order valence-electron chi connectivity index (χ0n) is 9.06. The molecule has 2 N–H and O–H groups in total. The number of carbonyl (C=O) groups excluding carboxylic acids is 2. The number of hydrogen-bond acceptors (Lipinski definition) is 4. The predicted molar refractivity (Wildman–Crippen MR) is 55.6 cm³/mol. The van der Waals surface area contributed by atoms with Gasteiger partial charge in [0.15, 0.2) is 0 Å². The highest BCUT2D eigenvalue weighted by Crippen LogP contribution is 1.97. The Balaban J connectivity index is 4.22. The zero-order valence-corrected chi connectivity index (χ0v) is 9.06. The highest BCUT2D eigenvalue weighted by Gasteiger charge is 2.23. The highest BCUT2D eigenvalue weighted by atomic mass is 16.5. The van der Waals surface area contributed by atoms with Gasteiger partial charge in [0.1, 0.15) is 6.04 Å². The van der Waals surface area contributed by atoms with Crippen LogP contribution in [0, 0.1) is 0 Å². The molecule has 6 nitrogen and oxygen atoms in total. The van der Waals surface area contributed by atoms with Crippen molar-refractivity contribution in [2.75, 3.05) is 7.11 Å². The van der Waals surface area contributed by atoms with Crippen LogP contribution in [0.5, 0.6) is 0 Å². The van der Waals surface area contributed by atoms with Crippen molar-refractivity contribution in [1.82, 2.24) is 5.32 Å². The second kappa shape index (κ2) is 7.44. The van der Waals surface area contributed by atoms with Crippen LogP contribution in [-0.2, 0) is 19.1 Å². The van der Waals surface area contributed by atoms with Gasteiger partial charge in [0, 0.05) is 6.42 Å². The number of methoxy groups -OCH3 is 1. The molecule has 0 aliphatic rings. The molecule has 0 aromatic carbocycles. The molecule has 0 spiro atoms. The first-order valence-corrected chi connectivity index (χ1v) is 4.71. The van der Waals surface area contributed by atoms with Crippen LogP contribution in [0.15, 0.2) is 12.7 Å². The fourth-order valence-electron chi connectivity index (χ4n) is 0.950. The third-order valence-corrected chi connectivity index (χ3v) is 1.81. The number of amides is 1. The van der Waals surface area contributed by atoms with Crippen molar-refractivity contribution in [1.29, 1.82) is 0 Å². The lowest BCUT2D eigenvalue weighted by molar-refractivity contribution is -0.148. The SMILES string of the molecule is C=CCCC(=O)N[C@H](CC(=O)OC)C(=O)O. The predicted octanol–water partition coefficient (Wildman–Crippen LogP) is 0.0851. The van der Waals surface area contributed by atoms with Gasteiger partial charge in [-0.1, -0.05) is 6.08 Å². The standard InChI is InChI=1S/C10H15NO5/c1-3-4-5-8(12)11-7(10(14)15)6-9(13)16-2/h3,7H,1,4-6H2,2H3,(H,11,12)(H,14,15)/t7-/m1/s1. The van der Waals surface area contributed by atoms with E-state index in [-0.39, 0.29) is 12.8 Å². The molecule has 0 unspecified atom stereocenters. The third kappa shape index (κ3) is 5.79. The van der Waals surface area contributed by atoms with Crippen LogP contribution < -0.4 is 5.32 Å². The molecular formula is C10H15NO5. The van der Waals surface area contributed by atoms with Gasteiger partial charge in [0.2, 0.25) is 5.91 Å².